The number of anilines is 1. The summed E-state index contributed by atoms with van der Waals surface area (Å²) in [7, 11) is 0. The first-order valence-corrected chi connectivity index (χ1v) is 9.67. The maximum Gasteiger partial charge on any atom is 0.223 e. The van der Waals surface area contributed by atoms with Crippen molar-refractivity contribution in [1.29, 1.82) is 0 Å². The first kappa shape index (κ1) is 19.6. The van der Waals surface area contributed by atoms with Crippen molar-refractivity contribution in [2.45, 2.75) is 19.8 Å². The molecule has 27 heavy (non-hydrogen) atoms. The molecular weight excluding hydrogens is 349 g/mol. The molecule has 148 valence electrons. The molecule has 2 aliphatic rings. The van der Waals surface area contributed by atoms with Crippen molar-refractivity contribution in [3.05, 3.63) is 30.1 Å². The predicted octanol–water partition coefficient (Wildman–Crippen LogP) is 1.75. The molecule has 2 aliphatic heterocycles. The van der Waals surface area contributed by atoms with Gasteiger partial charge in [0, 0.05) is 57.8 Å². The minimum absolute atomic E-state index is 0.0305. The molecule has 3 rings (SSSR count). The Morgan fingerprint density at radius 3 is 2.00 bits per heavy atom. The van der Waals surface area contributed by atoms with Crippen LogP contribution in [-0.2, 0) is 14.3 Å². The standard InChI is InChI=1S/C20H28FN3O3/c1-16(15-20(26)24-10-12-27-13-11-24)14-19(25)23-8-6-22(7-9-23)18-4-2-17(21)3-5-18/h2-5,16H,6-15H2,1H3/t16-/m0/s1. The van der Waals surface area contributed by atoms with Crippen molar-refractivity contribution in [3.63, 3.8) is 0 Å². The number of hydrogen-bond acceptors (Lipinski definition) is 4. The summed E-state index contributed by atoms with van der Waals surface area (Å²) in [4.78, 5) is 30.7. The van der Waals surface area contributed by atoms with Gasteiger partial charge in [-0.2, -0.15) is 0 Å². The second-order valence-electron chi connectivity index (χ2n) is 7.35. The van der Waals surface area contributed by atoms with E-state index in [1.807, 2.05) is 16.7 Å². The molecule has 0 bridgehead atoms. The monoisotopic (exact) mass is 377 g/mol. The van der Waals surface area contributed by atoms with Gasteiger partial charge in [0.2, 0.25) is 11.8 Å². The van der Waals surface area contributed by atoms with Crippen LogP contribution in [0.25, 0.3) is 0 Å². The van der Waals surface area contributed by atoms with Crippen molar-refractivity contribution in [2.24, 2.45) is 5.92 Å². The van der Waals surface area contributed by atoms with Crippen molar-refractivity contribution in [2.75, 3.05) is 57.4 Å². The Balaban J connectivity index is 1.42. The molecule has 0 spiro atoms. The van der Waals surface area contributed by atoms with E-state index in [-0.39, 0.29) is 23.5 Å². The van der Waals surface area contributed by atoms with Gasteiger partial charge in [0.05, 0.1) is 13.2 Å². The number of amides is 2. The van der Waals surface area contributed by atoms with E-state index in [9.17, 15) is 14.0 Å². The Hall–Kier alpha value is -2.15. The molecule has 2 heterocycles. The smallest absolute Gasteiger partial charge is 0.223 e. The fourth-order valence-electron chi connectivity index (χ4n) is 3.61. The van der Waals surface area contributed by atoms with Gasteiger partial charge >= 0.3 is 0 Å². The highest BCUT2D eigenvalue weighted by Gasteiger charge is 2.25. The second-order valence-corrected chi connectivity index (χ2v) is 7.35. The number of piperazine rings is 1. The maximum atomic E-state index is 13.0. The average molecular weight is 377 g/mol. The topological polar surface area (TPSA) is 53.1 Å². The fraction of sp³-hybridized carbons (Fsp3) is 0.600. The third-order valence-electron chi connectivity index (χ3n) is 5.23. The number of hydrogen-bond donors (Lipinski definition) is 0. The van der Waals surface area contributed by atoms with Crippen LogP contribution in [0.1, 0.15) is 19.8 Å². The number of ether oxygens (including phenoxy) is 1. The van der Waals surface area contributed by atoms with Crippen LogP contribution in [-0.4, -0.2) is 74.1 Å². The minimum Gasteiger partial charge on any atom is -0.378 e. The lowest BCUT2D eigenvalue weighted by Gasteiger charge is -2.36. The van der Waals surface area contributed by atoms with E-state index in [0.717, 1.165) is 18.8 Å². The molecule has 1 aromatic carbocycles. The van der Waals surface area contributed by atoms with Gasteiger partial charge in [0.1, 0.15) is 5.82 Å². The summed E-state index contributed by atoms with van der Waals surface area (Å²) < 4.78 is 18.3. The summed E-state index contributed by atoms with van der Waals surface area (Å²) in [6.45, 7) is 7.22. The predicted molar refractivity (Wildman–Crippen MR) is 101 cm³/mol. The molecule has 0 aromatic heterocycles. The molecule has 7 heteroatoms. The summed E-state index contributed by atoms with van der Waals surface area (Å²) in [5, 5.41) is 0. The van der Waals surface area contributed by atoms with Gasteiger partial charge < -0.3 is 19.4 Å². The summed E-state index contributed by atoms with van der Waals surface area (Å²) in [6.07, 6.45) is 0.800. The SMILES string of the molecule is C[C@H](CC(=O)N1CCOCC1)CC(=O)N1CCN(c2ccc(F)cc2)CC1. The number of carbonyl (C=O) groups excluding carboxylic acids is 2. The van der Waals surface area contributed by atoms with Crippen LogP contribution in [0, 0.1) is 11.7 Å². The van der Waals surface area contributed by atoms with Gasteiger partial charge in [-0.15, -0.1) is 0 Å². The first-order chi connectivity index (χ1) is 13.0. The Morgan fingerprint density at radius 1 is 0.926 bits per heavy atom. The number of nitrogens with zero attached hydrogens (tertiary/aromatic N) is 3. The van der Waals surface area contributed by atoms with Crippen LogP contribution in [0.2, 0.25) is 0 Å². The van der Waals surface area contributed by atoms with E-state index >= 15 is 0 Å². The van der Waals surface area contributed by atoms with Gasteiger partial charge in [-0.3, -0.25) is 9.59 Å². The summed E-state index contributed by atoms with van der Waals surface area (Å²) in [5.74, 6) is 0.00640. The number of rotatable bonds is 5. The number of carbonyl (C=O) groups is 2. The van der Waals surface area contributed by atoms with Gasteiger partial charge in [-0.25, -0.2) is 4.39 Å². The van der Waals surface area contributed by atoms with Gasteiger partial charge in [-0.05, 0) is 30.2 Å². The van der Waals surface area contributed by atoms with E-state index in [0.29, 0.717) is 52.2 Å². The molecule has 6 nitrogen and oxygen atoms in total. The van der Waals surface area contributed by atoms with Crippen LogP contribution < -0.4 is 4.90 Å². The summed E-state index contributed by atoms with van der Waals surface area (Å²) in [6, 6.07) is 6.46. The van der Waals surface area contributed by atoms with Gasteiger partial charge in [-0.1, -0.05) is 6.92 Å². The molecule has 2 amide bonds. The van der Waals surface area contributed by atoms with E-state index in [4.69, 9.17) is 4.74 Å². The molecule has 0 N–H and O–H groups in total. The number of morpholine rings is 1. The molecule has 0 aliphatic carbocycles. The lowest BCUT2D eigenvalue weighted by Crippen LogP contribution is -2.49. The number of halogens is 1. The molecule has 1 aromatic rings. The van der Waals surface area contributed by atoms with Gasteiger partial charge in [0.25, 0.3) is 0 Å². The molecule has 0 radical (unpaired) electrons. The van der Waals surface area contributed by atoms with Crippen LogP contribution in [0.3, 0.4) is 0 Å². The largest absolute Gasteiger partial charge is 0.378 e. The zero-order chi connectivity index (χ0) is 19.2. The average Bonchev–Trinajstić information content (AvgIpc) is 2.69. The normalized spacial score (nSPS) is 19.1. The van der Waals surface area contributed by atoms with Crippen molar-refractivity contribution < 1.29 is 18.7 Å². The highest BCUT2D eigenvalue weighted by Crippen LogP contribution is 2.19. The highest BCUT2D eigenvalue weighted by molar-refractivity contribution is 5.79. The third kappa shape index (κ3) is 5.42. The van der Waals surface area contributed by atoms with Crippen molar-refractivity contribution in [3.8, 4) is 0 Å². The Bertz CT molecular complexity index is 638. The van der Waals surface area contributed by atoms with Crippen molar-refractivity contribution >= 4 is 17.5 Å². The van der Waals surface area contributed by atoms with E-state index in [2.05, 4.69) is 4.90 Å². The molecule has 0 unspecified atom stereocenters. The zero-order valence-electron chi connectivity index (χ0n) is 15.9. The van der Waals surface area contributed by atoms with Crippen molar-refractivity contribution in [1.82, 2.24) is 9.80 Å². The van der Waals surface area contributed by atoms with Crippen LogP contribution in [0.4, 0.5) is 10.1 Å². The second kappa shape index (κ2) is 9.17. The fourth-order valence-corrected chi connectivity index (χ4v) is 3.61. The molecule has 0 saturated carbocycles. The Labute approximate surface area is 159 Å². The molecule has 1 atom stereocenters. The van der Waals surface area contributed by atoms with E-state index in [1.54, 1.807) is 12.1 Å². The Morgan fingerprint density at radius 2 is 1.44 bits per heavy atom. The highest BCUT2D eigenvalue weighted by atomic mass is 19.1. The number of benzene rings is 1. The lowest BCUT2D eigenvalue weighted by molar-refractivity contribution is -0.137. The quantitative estimate of drug-likeness (QED) is 0.785. The van der Waals surface area contributed by atoms with Gasteiger partial charge in [0.15, 0.2) is 0 Å². The maximum absolute atomic E-state index is 13.0. The van der Waals surface area contributed by atoms with E-state index in [1.165, 1.54) is 12.1 Å². The van der Waals surface area contributed by atoms with E-state index < -0.39 is 0 Å². The van der Waals surface area contributed by atoms with Crippen LogP contribution in [0.15, 0.2) is 24.3 Å². The van der Waals surface area contributed by atoms with Crippen LogP contribution >= 0.6 is 0 Å². The summed E-state index contributed by atoms with van der Waals surface area (Å²) >= 11 is 0. The third-order valence-corrected chi connectivity index (χ3v) is 5.23. The van der Waals surface area contributed by atoms with Crippen LogP contribution in [0.5, 0.6) is 0 Å². The zero-order valence-corrected chi connectivity index (χ0v) is 15.9. The molecule has 2 saturated heterocycles. The summed E-state index contributed by atoms with van der Waals surface area (Å²) in [5.41, 5.74) is 0.980. The lowest BCUT2D eigenvalue weighted by atomic mass is 10.0. The molecule has 2 fully saturated rings. The molecular formula is C20H28FN3O3. The Kier molecular flexibility index (Phi) is 6.66. The minimum atomic E-state index is -0.242. The first-order valence-electron chi connectivity index (χ1n) is 9.67.